The molecule has 0 radical (unpaired) electrons. The summed E-state index contributed by atoms with van der Waals surface area (Å²) < 4.78 is 23.3. The summed E-state index contributed by atoms with van der Waals surface area (Å²) in [5, 5.41) is 7.72. The van der Waals surface area contributed by atoms with Gasteiger partial charge in [-0.3, -0.25) is 0 Å². The highest BCUT2D eigenvalue weighted by molar-refractivity contribution is 6.31. The summed E-state index contributed by atoms with van der Waals surface area (Å²) in [6, 6.07) is 24.9. The van der Waals surface area contributed by atoms with Crippen LogP contribution in [0.25, 0.3) is 11.5 Å². The second-order valence-electron chi connectivity index (χ2n) is 9.30. The lowest BCUT2D eigenvalue weighted by Crippen LogP contribution is -2.38. The topological polar surface area (TPSA) is 64.3 Å². The maximum Gasteiger partial charge on any atom is 0.322 e. The number of ether oxygens (including phenoxy) is 1. The maximum atomic E-state index is 14.0. The Hall–Kier alpha value is -4.56. The number of carbonyl (C=O) groups is 1. The molecule has 0 saturated carbocycles. The lowest BCUT2D eigenvalue weighted by atomic mass is 10.0. The van der Waals surface area contributed by atoms with E-state index in [4.69, 9.17) is 21.4 Å². The Balaban J connectivity index is 1.53. The van der Waals surface area contributed by atoms with Crippen LogP contribution in [-0.4, -0.2) is 32.4 Å². The number of nitrogens with one attached hydrogen (secondary N) is 1. The summed E-state index contributed by atoms with van der Waals surface area (Å²) in [7, 11) is 1.62. The molecule has 1 atom stereocenters. The number of aromatic nitrogens is 3. The molecule has 3 aromatic carbocycles. The predicted molar refractivity (Wildman–Crippen MR) is 148 cm³/mol. The number of urea groups is 1. The van der Waals surface area contributed by atoms with E-state index < -0.39 is 11.9 Å². The number of anilines is 1. The first-order valence-corrected chi connectivity index (χ1v) is 12.8. The standard InChI is InChI=1S/C30H25ClFN5O2/c1-19-24-18-36(30(38)33-21-13-14-26(32)25(31)17-21)28(20-8-6-11-23(16-20)39-2)27-12-7-15-35(27)29(24)37(34-19)22-9-4-3-5-10-22/h3-17,28H,18H2,1-2H3,(H,33,38)/t28-/m1/s1. The van der Waals surface area contributed by atoms with Crippen molar-refractivity contribution in [3.63, 3.8) is 0 Å². The van der Waals surface area contributed by atoms with Gasteiger partial charge in [-0.05, 0) is 67.1 Å². The molecule has 0 aliphatic carbocycles. The molecule has 2 aromatic heterocycles. The van der Waals surface area contributed by atoms with E-state index in [1.165, 1.54) is 18.2 Å². The van der Waals surface area contributed by atoms with Crippen molar-refractivity contribution < 1.29 is 13.9 Å². The van der Waals surface area contributed by atoms with E-state index in [-0.39, 0.29) is 17.6 Å². The normalized spacial score (nSPS) is 14.4. The van der Waals surface area contributed by atoms with Crippen LogP contribution in [0, 0.1) is 12.7 Å². The molecule has 0 bridgehead atoms. The molecule has 2 amide bonds. The molecule has 9 heteroatoms. The smallest absolute Gasteiger partial charge is 0.322 e. The molecular weight excluding hydrogens is 517 g/mol. The highest BCUT2D eigenvalue weighted by Gasteiger charge is 2.36. The van der Waals surface area contributed by atoms with Gasteiger partial charge in [0.05, 0.1) is 41.8 Å². The molecule has 5 aromatic rings. The summed E-state index contributed by atoms with van der Waals surface area (Å²) in [5.74, 6) is 1.00. The van der Waals surface area contributed by atoms with Crippen LogP contribution in [0.3, 0.4) is 0 Å². The van der Waals surface area contributed by atoms with Gasteiger partial charge in [0.1, 0.15) is 17.4 Å². The lowest BCUT2D eigenvalue weighted by molar-refractivity contribution is 0.194. The third-order valence-electron chi connectivity index (χ3n) is 6.93. The van der Waals surface area contributed by atoms with Gasteiger partial charge in [-0.25, -0.2) is 13.9 Å². The van der Waals surface area contributed by atoms with E-state index >= 15 is 0 Å². The summed E-state index contributed by atoms with van der Waals surface area (Å²) >= 11 is 6.00. The third kappa shape index (κ3) is 4.42. The van der Waals surface area contributed by atoms with Gasteiger partial charge in [0.2, 0.25) is 0 Å². The van der Waals surface area contributed by atoms with Gasteiger partial charge in [0.15, 0.2) is 0 Å². The van der Waals surface area contributed by atoms with E-state index in [0.29, 0.717) is 11.4 Å². The molecule has 0 saturated heterocycles. The summed E-state index contributed by atoms with van der Waals surface area (Å²) in [4.78, 5) is 15.8. The molecular formula is C30H25ClFN5O2. The van der Waals surface area contributed by atoms with Gasteiger partial charge in [0.25, 0.3) is 0 Å². The van der Waals surface area contributed by atoms with Crippen LogP contribution in [0.1, 0.15) is 28.6 Å². The molecule has 1 N–H and O–H groups in total. The second kappa shape index (κ2) is 9.96. The minimum atomic E-state index is -0.551. The summed E-state index contributed by atoms with van der Waals surface area (Å²) in [6.07, 6.45) is 1.99. The number of amides is 2. The average molecular weight is 542 g/mol. The number of hydrogen-bond acceptors (Lipinski definition) is 3. The Bertz CT molecular complexity index is 1680. The fraction of sp³-hybridized carbons (Fsp3) is 0.133. The van der Waals surface area contributed by atoms with Crippen LogP contribution < -0.4 is 10.1 Å². The number of hydrogen-bond donors (Lipinski definition) is 1. The molecule has 196 valence electrons. The lowest BCUT2D eigenvalue weighted by Gasteiger charge is -2.31. The molecule has 3 heterocycles. The van der Waals surface area contributed by atoms with Crippen LogP contribution in [0.15, 0.2) is 91.1 Å². The molecule has 6 rings (SSSR count). The Kier molecular flexibility index (Phi) is 6.32. The van der Waals surface area contributed by atoms with Crippen molar-refractivity contribution in [2.24, 2.45) is 0 Å². The predicted octanol–water partition coefficient (Wildman–Crippen LogP) is 6.91. The minimum absolute atomic E-state index is 0.0656. The van der Waals surface area contributed by atoms with Crippen molar-refractivity contribution >= 4 is 23.3 Å². The first-order chi connectivity index (χ1) is 18.9. The number of halogens is 2. The van der Waals surface area contributed by atoms with Gasteiger partial charge in [-0.15, -0.1) is 0 Å². The number of nitrogens with zero attached hydrogens (tertiary/aromatic N) is 4. The van der Waals surface area contributed by atoms with Gasteiger partial charge >= 0.3 is 6.03 Å². The largest absolute Gasteiger partial charge is 0.497 e. The zero-order chi connectivity index (χ0) is 27.1. The minimum Gasteiger partial charge on any atom is -0.497 e. The first-order valence-electron chi connectivity index (χ1n) is 12.4. The Morgan fingerprint density at radius 1 is 1.05 bits per heavy atom. The second-order valence-corrected chi connectivity index (χ2v) is 9.71. The fourth-order valence-electron chi connectivity index (χ4n) is 5.08. The van der Waals surface area contributed by atoms with Crippen LogP contribution >= 0.6 is 11.6 Å². The van der Waals surface area contributed by atoms with E-state index in [1.54, 1.807) is 12.0 Å². The van der Waals surface area contributed by atoms with Crippen LogP contribution in [-0.2, 0) is 6.54 Å². The Morgan fingerprint density at radius 2 is 1.87 bits per heavy atom. The van der Waals surface area contributed by atoms with Crippen molar-refractivity contribution in [3.05, 3.63) is 124 Å². The van der Waals surface area contributed by atoms with Crippen molar-refractivity contribution in [1.29, 1.82) is 0 Å². The molecule has 0 unspecified atom stereocenters. The van der Waals surface area contributed by atoms with E-state index in [2.05, 4.69) is 9.88 Å². The number of para-hydroxylation sites is 1. The summed E-state index contributed by atoms with van der Waals surface area (Å²) in [6.45, 7) is 2.22. The van der Waals surface area contributed by atoms with Gasteiger partial charge < -0.3 is 19.5 Å². The highest BCUT2D eigenvalue weighted by Crippen LogP contribution is 2.39. The number of methoxy groups -OCH3 is 1. The monoisotopic (exact) mass is 541 g/mol. The first kappa shape index (κ1) is 24.8. The summed E-state index contributed by atoms with van der Waals surface area (Å²) in [5.41, 5.74) is 4.79. The molecule has 1 aliphatic heterocycles. The molecule has 7 nitrogen and oxygen atoms in total. The molecule has 39 heavy (non-hydrogen) atoms. The highest BCUT2D eigenvalue weighted by atomic mass is 35.5. The van der Waals surface area contributed by atoms with Crippen molar-refractivity contribution in [1.82, 2.24) is 19.2 Å². The van der Waals surface area contributed by atoms with Gasteiger partial charge in [-0.2, -0.15) is 5.10 Å². The molecule has 0 fully saturated rings. The van der Waals surface area contributed by atoms with E-state index in [0.717, 1.165) is 34.0 Å². The number of rotatable bonds is 4. The van der Waals surface area contributed by atoms with Crippen LogP contribution in [0.2, 0.25) is 5.02 Å². The quantitative estimate of drug-likeness (QED) is 0.269. The molecule has 0 spiro atoms. The van der Waals surface area contributed by atoms with E-state index in [9.17, 15) is 9.18 Å². The van der Waals surface area contributed by atoms with Crippen LogP contribution in [0.5, 0.6) is 5.75 Å². The zero-order valence-corrected chi connectivity index (χ0v) is 22.1. The number of carbonyl (C=O) groups excluding carboxylic acids is 1. The van der Waals surface area contributed by atoms with Crippen LogP contribution in [0.4, 0.5) is 14.9 Å². The van der Waals surface area contributed by atoms with Crippen molar-refractivity contribution in [3.8, 4) is 17.3 Å². The Labute approximate surface area is 230 Å². The maximum absolute atomic E-state index is 14.0. The zero-order valence-electron chi connectivity index (χ0n) is 21.3. The Morgan fingerprint density at radius 3 is 2.64 bits per heavy atom. The molecule has 1 aliphatic rings. The number of benzene rings is 3. The van der Waals surface area contributed by atoms with Crippen molar-refractivity contribution in [2.45, 2.75) is 19.5 Å². The SMILES string of the molecule is COc1cccc([C@@H]2c3cccn3-c3c(c(C)nn3-c3ccccc3)CN2C(=O)Nc2ccc(F)c(Cl)c2)c1. The van der Waals surface area contributed by atoms with Crippen molar-refractivity contribution in [2.75, 3.05) is 12.4 Å². The number of fused-ring (bicyclic) bond motifs is 3. The van der Waals surface area contributed by atoms with Gasteiger partial charge in [-0.1, -0.05) is 41.9 Å². The fourth-order valence-corrected chi connectivity index (χ4v) is 5.26. The number of aryl methyl sites for hydroxylation is 1. The van der Waals surface area contributed by atoms with E-state index in [1.807, 2.05) is 84.5 Å². The average Bonchev–Trinajstić information content (AvgIpc) is 3.51. The van der Waals surface area contributed by atoms with Gasteiger partial charge in [0, 0.05) is 17.4 Å². The third-order valence-corrected chi connectivity index (χ3v) is 7.22.